The van der Waals surface area contributed by atoms with Crippen molar-refractivity contribution in [3.05, 3.63) is 0 Å². The maximum Gasteiger partial charge on any atom is 0.0468 e. The molecule has 0 saturated carbocycles. The van der Waals surface area contributed by atoms with Crippen LogP contribution in [0.1, 0.15) is 19.3 Å². The summed E-state index contributed by atoms with van der Waals surface area (Å²) in [4.78, 5) is 0. The third kappa shape index (κ3) is 2.22. The first kappa shape index (κ1) is 9.44. The van der Waals surface area contributed by atoms with E-state index in [9.17, 15) is 0 Å². The van der Waals surface area contributed by atoms with Gasteiger partial charge in [0, 0.05) is 19.3 Å². The summed E-state index contributed by atoms with van der Waals surface area (Å²) < 4.78 is 5.36. The average molecular weight is 184 g/mol. The molecule has 2 fully saturated rings. The molecule has 3 nitrogen and oxygen atoms in total. The molecular formula is C10H20N2O. The second-order valence-corrected chi connectivity index (χ2v) is 4.27. The number of hydrogen-bond donors (Lipinski definition) is 2. The standard InChI is InChI=1S/C10H20N2O/c11-10-1-4-12-7-9(10)8-2-5-13-6-3-8/h8-10,12H,1-7,11H2. The van der Waals surface area contributed by atoms with Gasteiger partial charge in [-0.2, -0.15) is 0 Å². The Bertz CT molecular complexity index is 157. The van der Waals surface area contributed by atoms with Crippen LogP contribution in [0.25, 0.3) is 0 Å². The van der Waals surface area contributed by atoms with Crippen LogP contribution >= 0.6 is 0 Å². The van der Waals surface area contributed by atoms with Crippen molar-refractivity contribution in [3.63, 3.8) is 0 Å². The number of ether oxygens (including phenoxy) is 1. The second kappa shape index (κ2) is 4.40. The van der Waals surface area contributed by atoms with Crippen molar-refractivity contribution in [2.24, 2.45) is 17.6 Å². The van der Waals surface area contributed by atoms with E-state index in [0.29, 0.717) is 12.0 Å². The van der Waals surface area contributed by atoms with Crippen LogP contribution in [0.15, 0.2) is 0 Å². The molecule has 2 unspecified atom stereocenters. The van der Waals surface area contributed by atoms with Gasteiger partial charge in [-0.25, -0.2) is 0 Å². The van der Waals surface area contributed by atoms with Crippen molar-refractivity contribution >= 4 is 0 Å². The summed E-state index contributed by atoms with van der Waals surface area (Å²) >= 11 is 0. The van der Waals surface area contributed by atoms with Gasteiger partial charge in [-0.1, -0.05) is 0 Å². The molecule has 3 heteroatoms. The van der Waals surface area contributed by atoms with Gasteiger partial charge in [-0.3, -0.25) is 0 Å². The summed E-state index contributed by atoms with van der Waals surface area (Å²) in [6, 6.07) is 0.421. The molecular weight excluding hydrogens is 164 g/mol. The van der Waals surface area contributed by atoms with Crippen LogP contribution in [-0.4, -0.2) is 32.3 Å². The first-order chi connectivity index (χ1) is 6.38. The molecule has 2 atom stereocenters. The lowest BCUT2D eigenvalue weighted by molar-refractivity contribution is 0.0376. The minimum atomic E-state index is 0.421. The SMILES string of the molecule is NC1CCNCC1C1CCOCC1. The minimum Gasteiger partial charge on any atom is -0.381 e. The molecule has 13 heavy (non-hydrogen) atoms. The predicted octanol–water partition coefficient (Wildman–Crippen LogP) is 0.350. The van der Waals surface area contributed by atoms with Crippen molar-refractivity contribution in [3.8, 4) is 0 Å². The van der Waals surface area contributed by atoms with Crippen LogP contribution in [0, 0.1) is 11.8 Å². The predicted molar refractivity (Wildman–Crippen MR) is 52.5 cm³/mol. The first-order valence-corrected chi connectivity index (χ1v) is 5.42. The lowest BCUT2D eigenvalue weighted by atomic mass is 9.79. The highest BCUT2D eigenvalue weighted by Crippen LogP contribution is 2.27. The van der Waals surface area contributed by atoms with Crippen LogP contribution in [0.4, 0.5) is 0 Å². The molecule has 0 bridgehead atoms. The molecule has 2 rings (SSSR count). The summed E-state index contributed by atoms with van der Waals surface area (Å²) in [6.45, 7) is 4.09. The maximum absolute atomic E-state index is 6.13. The third-order valence-electron chi connectivity index (χ3n) is 3.46. The Morgan fingerprint density at radius 3 is 2.62 bits per heavy atom. The molecule has 0 spiro atoms. The van der Waals surface area contributed by atoms with E-state index in [0.717, 1.165) is 38.6 Å². The van der Waals surface area contributed by atoms with E-state index in [2.05, 4.69) is 5.32 Å². The Morgan fingerprint density at radius 1 is 1.15 bits per heavy atom. The van der Waals surface area contributed by atoms with E-state index < -0.39 is 0 Å². The molecule has 2 aliphatic heterocycles. The number of hydrogen-bond acceptors (Lipinski definition) is 3. The van der Waals surface area contributed by atoms with Gasteiger partial charge in [-0.05, 0) is 44.2 Å². The molecule has 3 N–H and O–H groups in total. The van der Waals surface area contributed by atoms with Gasteiger partial charge in [0.2, 0.25) is 0 Å². The van der Waals surface area contributed by atoms with Crippen LogP contribution in [0.2, 0.25) is 0 Å². The van der Waals surface area contributed by atoms with E-state index in [1.165, 1.54) is 12.8 Å². The Morgan fingerprint density at radius 2 is 1.92 bits per heavy atom. The fraction of sp³-hybridized carbons (Fsp3) is 1.00. The normalized spacial score (nSPS) is 37.6. The number of piperidine rings is 1. The Hall–Kier alpha value is -0.120. The van der Waals surface area contributed by atoms with Crippen molar-refractivity contribution in [1.82, 2.24) is 5.32 Å². The molecule has 0 aromatic heterocycles. The van der Waals surface area contributed by atoms with E-state index in [1.54, 1.807) is 0 Å². The highest BCUT2D eigenvalue weighted by atomic mass is 16.5. The van der Waals surface area contributed by atoms with Gasteiger partial charge in [0.05, 0.1) is 0 Å². The smallest absolute Gasteiger partial charge is 0.0468 e. The molecule has 2 saturated heterocycles. The fourth-order valence-electron chi connectivity index (χ4n) is 2.56. The van der Waals surface area contributed by atoms with Gasteiger partial charge >= 0.3 is 0 Å². The second-order valence-electron chi connectivity index (χ2n) is 4.27. The number of nitrogens with two attached hydrogens (primary N) is 1. The van der Waals surface area contributed by atoms with Crippen LogP contribution in [0.5, 0.6) is 0 Å². The minimum absolute atomic E-state index is 0.421. The monoisotopic (exact) mass is 184 g/mol. The molecule has 0 amide bonds. The lowest BCUT2D eigenvalue weighted by Gasteiger charge is -2.37. The number of rotatable bonds is 1. The van der Waals surface area contributed by atoms with Gasteiger partial charge < -0.3 is 15.8 Å². The van der Waals surface area contributed by atoms with E-state index in [1.807, 2.05) is 0 Å². The van der Waals surface area contributed by atoms with Crippen molar-refractivity contribution in [2.45, 2.75) is 25.3 Å². The Balaban J connectivity index is 1.88. The molecule has 0 aromatic carbocycles. The van der Waals surface area contributed by atoms with E-state index in [4.69, 9.17) is 10.5 Å². The highest BCUT2D eigenvalue weighted by molar-refractivity contribution is 4.86. The highest BCUT2D eigenvalue weighted by Gasteiger charge is 2.30. The van der Waals surface area contributed by atoms with Crippen molar-refractivity contribution in [2.75, 3.05) is 26.3 Å². The summed E-state index contributed by atoms with van der Waals surface area (Å²) in [5.74, 6) is 1.49. The summed E-state index contributed by atoms with van der Waals surface area (Å²) in [5.41, 5.74) is 6.13. The van der Waals surface area contributed by atoms with Crippen LogP contribution in [-0.2, 0) is 4.74 Å². The Kier molecular flexibility index (Phi) is 3.19. The number of nitrogens with one attached hydrogen (secondary N) is 1. The van der Waals surface area contributed by atoms with E-state index >= 15 is 0 Å². The third-order valence-corrected chi connectivity index (χ3v) is 3.46. The Labute approximate surface area is 80.0 Å². The van der Waals surface area contributed by atoms with Gasteiger partial charge in [0.15, 0.2) is 0 Å². The first-order valence-electron chi connectivity index (χ1n) is 5.42. The van der Waals surface area contributed by atoms with Crippen LogP contribution in [0.3, 0.4) is 0 Å². The van der Waals surface area contributed by atoms with Gasteiger partial charge in [0.1, 0.15) is 0 Å². The molecule has 0 radical (unpaired) electrons. The quantitative estimate of drug-likeness (QED) is 0.618. The molecule has 2 heterocycles. The average Bonchev–Trinajstić information content (AvgIpc) is 2.20. The zero-order valence-corrected chi connectivity index (χ0v) is 8.17. The largest absolute Gasteiger partial charge is 0.381 e. The molecule has 0 aromatic rings. The van der Waals surface area contributed by atoms with E-state index in [-0.39, 0.29) is 0 Å². The lowest BCUT2D eigenvalue weighted by Crippen LogP contribution is -2.48. The summed E-state index contributed by atoms with van der Waals surface area (Å²) in [6.07, 6.45) is 3.56. The van der Waals surface area contributed by atoms with Crippen LogP contribution < -0.4 is 11.1 Å². The molecule has 2 aliphatic rings. The molecule has 76 valence electrons. The zero-order chi connectivity index (χ0) is 9.10. The van der Waals surface area contributed by atoms with Gasteiger partial charge in [-0.15, -0.1) is 0 Å². The van der Waals surface area contributed by atoms with Crippen molar-refractivity contribution < 1.29 is 4.74 Å². The summed E-state index contributed by atoms with van der Waals surface area (Å²) in [7, 11) is 0. The van der Waals surface area contributed by atoms with Gasteiger partial charge in [0.25, 0.3) is 0 Å². The summed E-state index contributed by atoms with van der Waals surface area (Å²) in [5, 5.41) is 3.44. The van der Waals surface area contributed by atoms with Crippen molar-refractivity contribution in [1.29, 1.82) is 0 Å². The zero-order valence-electron chi connectivity index (χ0n) is 8.17. The fourth-order valence-corrected chi connectivity index (χ4v) is 2.56. The maximum atomic E-state index is 6.13. The molecule has 0 aliphatic carbocycles. The topological polar surface area (TPSA) is 47.3 Å².